The molecular formula is C15H10BrClO2. The van der Waals surface area contributed by atoms with E-state index in [4.69, 9.17) is 11.6 Å². The first-order valence-electron chi connectivity index (χ1n) is 5.63. The Kier molecular flexibility index (Phi) is 4.51. The summed E-state index contributed by atoms with van der Waals surface area (Å²) in [6.45, 7) is 0. The van der Waals surface area contributed by atoms with Crippen LogP contribution in [0.1, 0.15) is 21.8 Å². The monoisotopic (exact) mass is 336 g/mol. The van der Waals surface area contributed by atoms with Crippen LogP contribution >= 0.6 is 27.5 Å². The van der Waals surface area contributed by atoms with Gasteiger partial charge in [-0.15, -0.1) is 0 Å². The summed E-state index contributed by atoms with van der Waals surface area (Å²) >= 11 is 9.36. The molecule has 4 heteroatoms. The van der Waals surface area contributed by atoms with Gasteiger partial charge in [0.25, 0.3) is 0 Å². The van der Waals surface area contributed by atoms with Crippen LogP contribution in [0, 0.1) is 0 Å². The largest absolute Gasteiger partial charge is 0.302 e. The Morgan fingerprint density at radius 3 is 2.37 bits per heavy atom. The van der Waals surface area contributed by atoms with E-state index in [1.807, 2.05) is 6.07 Å². The molecule has 2 aromatic rings. The Morgan fingerprint density at radius 2 is 1.74 bits per heavy atom. The van der Waals surface area contributed by atoms with Crippen LogP contribution in [-0.4, -0.2) is 12.1 Å². The average Bonchev–Trinajstić information content (AvgIpc) is 2.42. The maximum absolute atomic E-state index is 12.4. The van der Waals surface area contributed by atoms with Crippen molar-refractivity contribution in [3.8, 4) is 0 Å². The van der Waals surface area contributed by atoms with Crippen molar-refractivity contribution >= 4 is 39.6 Å². The van der Waals surface area contributed by atoms with Crippen LogP contribution in [0.3, 0.4) is 0 Å². The summed E-state index contributed by atoms with van der Waals surface area (Å²) in [6, 6.07) is 13.9. The van der Waals surface area contributed by atoms with E-state index in [0.717, 1.165) is 0 Å². The number of benzene rings is 2. The van der Waals surface area contributed by atoms with E-state index in [1.54, 1.807) is 42.5 Å². The van der Waals surface area contributed by atoms with Gasteiger partial charge in [0.2, 0.25) is 0 Å². The quantitative estimate of drug-likeness (QED) is 0.474. The van der Waals surface area contributed by atoms with Crippen molar-refractivity contribution in [3.63, 3.8) is 0 Å². The molecule has 0 saturated heterocycles. The number of hydrogen-bond acceptors (Lipinski definition) is 2. The molecule has 0 N–H and O–H groups in total. The predicted molar refractivity (Wildman–Crippen MR) is 78.7 cm³/mol. The zero-order chi connectivity index (χ0) is 13.8. The summed E-state index contributed by atoms with van der Waals surface area (Å²) in [7, 11) is 0. The van der Waals surface area contributed by atoms with Crippen molar-refractivity contribution in [1.82, 2.24) is 0 Å². The van der Waals surface area contributed by atoms with E-state index in [9.17, 15) is 9.59 Å². The standard InChI is InChI=1S/C15H10BrClO2/c16-13-7-3-1-6-11(13)15(19)12(9-18)10-5-2-4-8-14(10)17/h1-9,12H. The number of carbonyl (C=O) groups is 2. The molecule has 2 rings (SSSR count). The van der Waals surface area contributed by atoms with Gasteiger partial charge in [-0.3, -0.25) is 4.79 Å². The molecule has 2 nitrogen and oxygen atoms in total. The lowest BCUT2D eigenvalue weighted by atomic mass is 9.92. The van der Waals surface area contributed by atoms with Crippen molar-refractivity contribution in [2.75, 3.05) is 0 Å². The van der Waals surface area contributed by atoms with Gasteiger partial charge in [-0.05, 0) is 17.7 Å². The van der Waals surface area contributed by atoms with E-state index in [1.165, 1.54) is 0 Å². The van der Waals surface area contributed by atoms with Crippen LogP contribution in [0.25, 0.3) is 0 Å². The Hall–Kier alpha value is -1.45. The van der Waals surface area contributed by atoms with Gasteiger partial charge in [0.05, 0.1) is 0 Å². The molecule has 0 aliphatic rings. The molecule has 96 valence electrons. The third kappa shape index (κ3) is 2.94. The van der Waals surface area contributed by atoms with Crippen LogP contribution in [-0.2, 0) is 4.79 Å². The molecule has 0 amide bonds. The summed E-state index contributed by atoms with van der Waals surface area (Å²) in [5.41, 5.74) is 0.999. The molecule has 0 aliphatic carbocycles. The molecule has 0 aliphatic heterocycles. The zero-order valence-electron chi connectivity index (χ0n) is 9.85. The smallest absolute Gasteiger partial charge is 0.178 e. The summed E-state index contributed by atoms with van der Waals surface area (Å²) in [4.78, 5) is 23.7. The Morgan fingerprint density at radius 1 is 1.11 bits per heavy atom. The van der Waals surface area contributed by atoms with Gasteiger partial charge in [0.1, 0.15) is 12.2 Å². The Labute approximate surface area is 124 Å². The number of rotatable bonds is 4. The van der Waals surface area contributed by atoms with Gasteiger partial charge in [0, 0.05) is 15.1 Å². The molecule has 2 aromatic carbocycles. The first-order valence-corrected chi connectivity index (χ1v) is 6.80. The molecular weight excluding hydrogens is 328 g/mol. The number of Topliss-reactive ketones (excluding diaryl/α,β-unsaturated/α-hetero) is 1. The van der Waals surface area contributed by atoms with E-state index in [-0.39, 0.29) is 5.78 Å². The van der Waals surface area contributed by atoms with Crippen molar-refractivity contribution < 1.29 is 9.59 Å². The number of ketones is 1. The molecule has 0 radical (unpaired) electrons. The molecule has 19 heavy (non-hydrogen) atoms. The van der Waals surface area contributed by atoms with Crippen LogP contribution in [0.2, 0.25) is 5.02 Å². The maximum atomic E-state index is 12.4. The molecule has 0 aromatic heterocycles. The number of hydrogen-bond donors (Lipinski definition) is 0. The minimum absolute atomic E-state index is 0.268. The van der Waals surface area contributed by atoms with E-state index in [2.05, 4.69) is 15.9 Å². The van der Waals surface area contributed by atoms with Gasteiger partial charge in [-0.2, -0.15) is 0 Å². The molecule has 0 heterocycles. The van der Waals surface area contributed by atoms with Crippen LogP contribution < -0.4 is 0 Å². The average molecular weight is 338 g/mol. The van der Waals surface area contributed by atoms with E-state index >= 15 is 0 Å². The van der Waals surface area contributed by atoms with Gasteiger partial charge in [0.15, 0.2) is 5.78 Å². The normalized spacial score (nSPS) is 11.9. The lowest BCUT2D eigenvalue weighted by Gasteiger charge is -2.12. The lowest BCUT2D eigenvalue weighted by molar-refractivity contribution is -0.108. The van der Waals surface area contributed by atoms with Crippen LogP contribution in [0.4, 0.5) is 0 Å². The van der Waals surface area contributed by atoms with Gasteiger partial charge in [-0.1, -0.05) is 63.9 Å². The van der Waals surface area contributed by atoms with E-state index in [0.29, 0.717) is 26.9 Å². The number of aldehydes is 1. The fourth-order valence-electron chi connectivity index (χ4n) is 1.83. The van der Waals surface area contributed by atoms with Crippen molar-refractivity contribution in [1.29, 1.82) is 0 Å². The van der Waals surface area contributed by atoms with Gasteiger partial charge < -0.3 is 4.79 Å². The number of halogens is 2. The fraction of sp³-hybridized carbons (Fsp3) is 0.0667. The minimum Gasteiger partial charge on any atom is -0.302 e. The van der Waals surface area contributed by atoms with Crippen LogP contribution in [0.5, 0.6) is 0 Å². The molecule has 1 atom stereocenters. The molecule has 0 fully saturated rings. The second-order valence-electron chi connectivity index (χ2n) is 3.98. The molecule has 1 unspecified atom stereocenters. The SMILES string of the molecule is O=CC(C(=O)c1ccccc1Br)c1ccccc1Cl. The molecule has 0 bridgehead atoms. The van der Waals surface area contributed by atoms with Crippen LogP contribution in [0.15, 0.2) is 53.0 Å². The minimum atomic E-state index is -0.882. The topological polar surface area (TPSA) is 34.1 Å². The molecule has 0 spiro atoms. The van der Waals surface area contributed by atoms with Gasteiger partial charge in [-0.25, -0.2) is 0 Å². The highest BCUT2D eigenvalue weighted by atomic mass is 79.9. The first kappa shape index (κ1) is 14.0. The summed E-state index contributed by atoms with van der Waals surface area (Å²) in [5, 5.41) is 0.417. The third-order valence-electron chi connectivity index (χ3n) is 2.80. The highest BCUT2D eigenvalue weighted by Crippen LogP contribution is 2.28. The maximum Gasteiger partial charge on any atom is 0.178 e. The second kappa shape index (κ2) is 6.13. The van der Waals surface area contributed by atoms with Crippen molar-refractivity contribution in [3.05, 3.63) is 69.2 Å². The van der Waals surface area contributed by atoms with Crippen molar-refractivity contribution in [2.45, 2.75) is 5.92 Å². The Bertz CT molecular complexity index is 625. The lowest BCUT2D eigenvalue weighted by Crippen LogP contribution is -2.15. The predicted octanol–water partition coefficient (Wildman–Crippen LogP) is 4.27. The summed E-state index contributed by atoms with van der Waals surface area (Å²) < 4.78 is 0.666. The first-order chi connectivity index (χ1) is 9.15. The van der Waals surface area contributed by atoms with E-state index < -0.39 is 5.92 Å². The van der Waals surface area contributed by atoms with Crippen molar-refractivity contribution in [2.24, 2.45) is 0 Å². The fourth-order valence-corrected chi connectivity index (χ4v) is 2.57. The highest BCUT2D eigenvalue weighted by molar-refractivity contribution is 9.10. The summed E-state index contributed by atoms with van der Waals surface area (Å²) in [6.07, 6.45) is 0.628. The zero-order valence-corrected chi connectivity index (χ0v) is 12.2. The number of carbonyl (C=O) groups excluding carboxylic acids is 2. The second-order valence-corrected chi connectivity index (χ2v) is 5.24. The Balaban J connectivity index is 2.44. The highest BCUT2D eigenvalue weighted by Gasteiger charge is 2.24. The van der Waals surface area contributed by atoms with Gasteiger partial charge >= 0.3 is 0 Å². The molecule has 0 saturated carbocycles. The summed E-state index contributed by atoms with van der Waals surface area (Å²) in [5.74, 6) is -1.15. The third-order valence-corrected chi connectivity index (χ3v) is 3.83.